The molecule has 0 saturated carbocycles. The molecular formula is C15H14ClNO3. The van der Waals surface area contributed by atoms with Crippen molar-refractivity contribution in [3.63, 3.8) is 0 Å². The van der Waals surface area contributed by atoms with Crippen LogP contribution in [0.25, 0.3) is 0 Å². The number of rotatable bonds is 4. The van der Waals surface area contributed by atoms with Gasteiger partial charge in [0.1, 0.15) is 11.5 Å². The van der Waals surface area contributed by atoms with E-state index in [1.165, 1.54) is 0 Å². The molecule has 1 unspecified atom stereocenters. The fourth-order valence-corrected chi connectivity index (χ4v) is 1.67. The molecule has 2 aromatic carbocycles. The monoisotopic (exact) mass is 291 g/mol. The van der Waals surface area contributed by atoms with E-state index >= 15 is 0 Å². The van der Waals surface area contributed by atoms with E-state index in [2.05, 4.69) is 0 Å². The van der Waals surface area contributed by atoms with Gasteiger partial charge in [0.05, 0.1) is 0 Å². The van der Waals surface area contributed by atoms with E-state index in [1.807, 2.05) is 0 Å². The minimum Gasteiger partial charge on any atom is -0.479 e. The maximum absolute atomic E-state index is 11.9. The number of carbonyl (C=O) groups excluding carboxylic acids is 1. The van der Waals surface area contributed by atoms with Crippen molar-refractivity contribution in [3.8, 4) is 11.5 Å². The van der Waals surface area contributed by atoms with Gasteiger partial charge in [0, 0.05) is 16.8 Å². The normalized spacial score (nSPS) is 11.7. The third-order valence-electron chi connectivity index (χ3n) is 2.53. The van der Waals surface area contributed by atoms with Crippen molar-refractivity contribution in [1.29, 1.82) is 0 Å². The Morgan fingerprint density at radius 2 is 1.85 bits per heavy atom. The van der Waals surface area contributed by atoms with Gasteiger partial charge >= 0.3 is 5.97 Å². The highest BCUT2D eigenvalue weighted by molar-refractivity contribution is 6.30. The van der Waals surface area contributed by atoms with Crippen molar-refractivity contribution >= 4 is 23.3 Å². The molecule has 2 rings (SSSR count). The number of esters is 1. The second-order valence-corrected chi connectivity index (χ2v) is 4.64. The van der Waals surface area contributed by atoms with E-state index in [9.17, 15) is 4.79 Å². The molecule has 2 aromatic rings. The summed E-state index contributed by atoms with van der Waals surface area (Å²) in [6, 6.07) is 13.4. The number of benzene rings is 2. The van der Waals surface area contributed by atoms with Gasteiger partial charge in [0.15, 0.2) is 6.10 Å². The molecule has 0 aliphatic carbocycles. The zero-order chi connectivity index (χ0) is 14.5. The van der Waals surface area contributed by atoms with E-state index in [0.717, 1.165) is 0 Å². The molecule has 1 atom stereocenters. The smallest absolute Gasteiger partial charge is 0.352 e. The zero-order valence-electron chi connectivity index (χ0n) is 10.9. The number of carbonyl (C=O) groups is 1. The predicted molar refractivity (Wildman–Crippen MR) is 78.0 cm³/mol. The fraction of sp³-hybridized carbons (Fsp3) is 0.133. The lowest BCUT2D eigenvalue weighted by Crippen LogP contribution is -2.28. The van der Waals surface area contributed by atoms with Gasteiger partial charge in [-0.2, -0.15) is 0 Å². The Balaban J connectivity index is 1.96. The first-order valence-corrected chi connectivity index (χ1v) is 6.42. The van der Waals surface area contributed by atoms with E-state index < -0.39 is 12.1 Å². The zero-order valence-corrected chi connectivity index (χ0v) is 11.6. The minimum atomic E-state index is -0.743. The van der Waals surface area contributed by atoms with Crippen LogP contribution in [0.4, 0.5) is 5.69 Å². The molecule has 0 bridgehead atoms. The van der Waals surface area contributed by atoms with Crippen LogP contribution in [0.3, 0.4) is 0 Å². The molecule has 0 aliphatic heterocycles. The molecule has 20 heavy (non-hydrogen) atoms. The van der Waals surface area contributed by atoms with Gasteiger partial charge in [-0.05, 0) is 43.3 Å². The van der Waals surface area contributed by atoms with E-state index in [-0.39, 0.29) is 0 Å². The molecule has 104 valence electrons. The number of anilines is 1. The number of ether oxygens (including phenoxy) is 2. The first kappa shape index (κ1) is 14.2. The molecule has 2 N–H and O–H groups in total. The minimum absolute atomic E-state index is 0.419. The quantitative estimate of drug-likeness (QED) is 0.533. The van der Waals surface area contributed by atoms with Crippen molar-refractivity contribution in [1.82, 2.24) is 0 Å². The van der Waals surface area contributed by atoms with Gasteiger partial charge in [-0.1, -0.05) is 17.7 Å². The highest BCUT2D eigenvalue weighted by Crippen LogP contribution is 2.18. The third kappa shape index (κ3) is 3.90. The molecule has 0 fully saturated rings. The van der Waals surface area contributed by atoms with Crippen LogP contribution in [0.1, 0.15) is 6.92 Å². The highest BCUT2D eigenvalue weighted by Gasteiger charge is 2.17. The highest BCUT2D eigenvalue weighted by atomic mass is 35.5. The Labute approximate surface area is 122 Å². The summed E-state index contributed by atoms with van der Waals surface area (Å²) >= 11 is 5.76. The molecule has 0 aromatic heterocycles. The van der Waals surface area contributed by atoms with Crippen molar-refractivity contribution in [2.75, 3.05) is 5.73 Å². The molecule has 5 heteroatoms. The largest absolute Gasteiger partial charge is 0.479 e. The summed E-state index contributed by atoms with van der Waals surface area (Å²) in [5, 5.41) is 0.578. The van der Waals surface area contributed by atoms with Crippen LogP contribution in [0.15, 0.2) is 48.5 Å². The lowest BCUT2D eigenvalue weighted by atomic mass is 10.3. The van der Waals surface area contributed by atoms with Crippen LogP contribution in [0, 0.1) is 0 Å². The Morgan fingerprint density at radius 1 is 1.15 bits per heavy atom. The van der Waals surface area contributed by atoms with Crippen LogP contribution in [-0.4, -0.2) is 12.1 Å². The number of nitrogens with two attached hydrogens (primary N) is 1. The number of hydrogen-bond donors (Lipinski definition) is 1. The van der Waals surface area contributed by atoms with Crippen molar-refractivity contribution in [2.45, 2.75) is 13.0 Å². The molecule has 0 amide bonds. The Bertz CT molecular complexity index is 598. The third-order valence-corrected chi connectivity index (χ3v) is 2.79. The van der Waals surface area contributed by atoms with Crippen molar-refractivity contribution < 1.29 is 14.3 Å². The van der Waals surface area contributed by atoms with Crippen LogP contribution in [0.5, 0.6) is 11.5 Å². The van der Waals surface area contributed by atoms with Gasteiger partial charge in [-0.25, -0.2) is 4.79 Å². The first-order chi connectivity index (χ1) is 9.54. The van der Waals surface area contributed by atoms with Crippen molar-refractivity contribution in [3.05, 3.63) is 53.6 Å². The summed E-state index contributed by atoms with van der Waals surface area (Å²) in [6.07, 6.45) is -0.743. The maximum Gasteiger partial charge on any atom is 0.352 e. The second-order valence-electron chi connectivity index (χ2n) is 4.21. The maximum atomic E-state index is 11.9. The molecule has 0 aliphatic rings. The summed E-state index contributed by atoms with van der Waals surface area (Å²) in [5.41, 5.74) is 6.21. The molecule has 0 heterocycles. The van der Waals surface area contributed by atoms with E-state index in [4.69, 9.17) is 26.8 Å². The van der Waals surface area contributed by atoms with E-state index in [1.54, 1.807) is 55.5 Å². The predicted octanol–water partition coefficient (Wildman–Crippen LogP) is 3.30. The van der Waals surface area contributed by atoms with Gasteiger partial charge in [-0.3, -0.25) is 0 Å². The summed E-state index contributed by atoms with van der Waals surface area (Å²) in [7, 11) is 0. The molecule has 0 spiro atoms. The Kier molecular flexibility index (Phi) is 4.48. The lowest BCUT2D eigenvalue weighted by molar-refractivity contribution is -0.141. The van der Waals surface area contributed by atoms with Crippen LogP contribution >= 0.6 is 11.6 Å². The summed E-state index contributed by atoms with van der Waals surface area (Å²) in [5.74, 6) is 0.447. The summed E-state index contributed by atoms with van der Waals surface area (Å²) in [4.78, 5) is 11.9. The second kappa shape index (κ2) is 6.30. The van der Waals surface area contributed by atoms with Crippen molar-refractivity contribution in [2.24, 2.45) is 0 Å². The first-order valence-electron chi connectivity index (χ1n) is 6.04. The lowest BCUT2D eigenvalue weighted by Gasteiger charge is -2.14. The Hall–Kier alpha value is -2.20. The average Bonchev–Trinajstić information content (AvgIpc) is 2.41. The Morgan fingerprint density at radius 3 is 2.50 bits per heavy atom. The SMILES string of the molecule is CC(Oc1cccc(N)c1)C(=O)Oc1ccc(Cl)cc1. The van der Waals surface area contributed by atoms with Gasteiger partial charge in [0.25, 0.3) is 0 Å². The topological polar surface area (TPSA) is 61.5 Å². The van der Waals surface area contributed by atoms with Gasteiger partial charge < -0.3 is 15.2 Å². The van der Waals surface area contributed by atoms with Crippen LogP contribution < -0.4 is 15.2 Å². The van der Waals surface area contributed by atoms with Gasteiger partial charge in [0.2, 0.25) is 0 Å². The standard InChI is InChI=1S/C15H14ClNO3/c1-10(19-14-4-2-3-12(17)9-14)15(18)20-13-7-5-11(16)6-8-13/h2-10H,17H2,1H3. The molecular weight excluding hydrogens is 278 g/mol. The molecule has 0 radical (unpaired) electrons. The fourth-order valence-electron chi connectivity index (χ4n) is 1.54. The number of nitrogen functional groups attached to an aromatic ring is 1. The molecule has 0 saturated heterocycles. The van der Waals surface area contributed by atoms with Gasteiger partial charge in [-0.15, -0.1) is 0 Å². The molecule has 4 nitrogen and oxygen atoms in total. The van der Waals surface area contributed by atoms with Crippen LogP contribution in [0.2, 0.25) is 5.02 Å². The number of halogens is 1. The summed E-state index contributed by atoms with van der Waals surface area (Å²) < 4.78 is 10.7. The number of hydrogen-bond acceptors (Lipinski definition) is 4. The summed E-state index contributed by atoms with van der Waals surface area (Å²) in [6.45, 7) is 1.61. The van der Waals surface area contributed by atoms with Crippen LogP contribution in [-0.2, 0) is 4.79 Å². The average molecular weight is 292 g/mol. The van der Waals surface area contributed by atoms with E-state index in [0.29, 0.717) is 22.2 Å².